The van der Waals surface area contributed by atoms with Gasteiger partial charge < -0.3 is 9.64 Å². The largest absolute Gasteiger partial charge is 0.465 e. The fourth-order valence-electron chi connectivity index (χ4n) is 1.69. The van der Waals surface area contributed by atoms with Gasteiger partial charge in [-0.25, -0.2) is 9.78 Å². The lowest BCUT2D eigenvalue weighted by molar-refractivity contribution is 0.0606. The zero-order valence-corrected chi connectivity index (χ0v) is 12.9. The maximum absolute atomic E-state index is 11.5. The van der Waals surface area contributed by atoms with Gasteiger partial charge in [0.1, 0.15) is 0 Å². The number of hydrogen-bond acceptors (Lipinski definition) is 5. The summed E-state index contributed by atoms with van der Waals surface area (Å²) in [6.45, 7) is 6.49. The molecule has 0 aromatic carbocycles. The van der Waals surface area contributed by atoms with Gasteiger partial charge in [0, 0.05) is 13.1 Å². The quantitative estimate of drug-likeness (QED) is 0.779. The predicted octanol–water partition coefficient (Wildman–Crippen LogP) is 3.45. The van der Waals surface area contributed by atoms with Gasteiger partial charge in [-0.3, -0.25) is 0 Å². The van der Waals surface area contributed by atoms with Crippen LogP contribution >= 0.6 is 22.9 Å². The number of thiazole rings is 1. The van der Waals surface area contributed by atoms with E-state index >= 15 is 0 Å². The summed E-state index contributed by atoms with van der Waals surface area (Å²) in [6, 6.07) is 0.345. The van der Waals surface area contributed by atoms with Crippen molar-refractivity contribution in [1.82, 2.24) is 4.98 Å². The van der Waals surface area contributed by atoms with E-state index in [2.05, 4.69) is 30.5 Å². The number of methoxy groups -OCH3 is 1. The molecule has 6 heteroatoms. The Morgan fingerprint density at radius 2 is 2.11 bits per heavy atom. The molecule has 0 aliphatic heterocycles. The summed E-state index contributed by atoms with van der Waals surface area (Å²) < 4.78 is 4.66. The van der Waals surface area contributed by atoms with E-state index in [1.165, 1.54) is 18.4 Å². The lowest BCUT2D eigenvalue weighted by atomic mass is 10.0. The molecule has 1 heterocycles. The van der Waals surface area contributed by atoms with Crippen LogP contribution in [0.1, 0.15) is 36.9 Å². The minimum absolute atomic E-state index is 0.213. The van der Waals surface area contributed by atoms with Gasteiger partial charge in [-0.1, -0.05) is 36.8 Å². The molecule has 0 N–H and O–H groups in total. The standard InChI is InChI=1S/C12H19ClN2O2S/c1-7(2)6-8(3)15(4)12-14-10(13)9(18-12)11(16)17-5/h7-8H,6H2,1-5H3. The van der Waals surface area contributed by atoms with Gasteiger partial charge in [0.15, 0.2) is 15.2 Å². The molecule has 0 spiro atoms. The highest BCUT2D eigenvalue weighted by Gasteiger charge is 2.21. The van der Waals surface area contributed by atoms with Gasteiger partial charge in [0.05, 0.1) is 7.11 Å². The molecule has 0 fully saturated rings. The average Bonchev–Trinajstić information content (AvgIpc) is 2.68. The Hall–Kier alpha value is -0.810. The van der Waals surface area contributed by atoms with Crippen LogP contribution in [0.5, 0.6) is 0 Å². The Balaban J connectivity index is 2.87. The zero-order chi connectivity index (χ0) is 13.9. The van der Waals surface area contributed by atoms with Crippen molar-refractivity contribution in [3.63, 3.8) is 0 Å². The maximum Gasteiger partial charge on any atom is 0.351 e. The second-order valence-electron chi connectivity index (χ2n) is 4.70. The SMILES string of the molecule is COC(=O)c1sc(N(C)C(C)CC(C)C)nc1Cl. The summed E-state index contributed by atoms with van der Waals surface area (Å²) in [5.74, 6) is 0.173. The fourth-order valence-corrected chi connectivity index (χ4v) is 2.95. The van der Waals surface area contributed by atoms with E-state index in [4.69, 9.17) is 11.6 Å². The molecule has 1 atom stereocenters. The number of esters is 1. The summed E-state index contributed by atoms with van der Waals surface area (Å²) in [5, 5.41) is 0.957. The van der Waals surface area contributed by atoms with E-state index in [1.54, 1.807) is 0 Å². The third-order valence-electron chi connectivity index (χ3n) is 2.72. The second-order valence-corrected chi connectivity index (χ2v) is 6.03. The van der Waals surface area contributed by atoms with E-state index in [9.17, 15) is 4.79 Å². The first-order valence-electron chi connectivity index (χ1n) is 5.84. The van der Waals surface area contributed by atoms with E-state index in [0.29, 0.717) is 16.8 Å². The number of rotatable bonds is 5. The number of halogens is 1. The van der Waals surface area contributed by atoms with E-state index < -0.39 is 5.97 Å². The molecule has 1 aromatic heterocycles. The summed E-state index contributed by atoms with van der Waals surface area (Å²) in [6.07, 6.45) is 1.06. The number of anilines is 1. The van der Waals surface area contributed by atoms with E-state index in [0.717, 1.165) is 11.6 Å². The highest BCUT2D eigenvalue weighted by molar-refractivity contribution is 7.18. The third kappa shape index (κ3) is 3.59. The van der Waals surface area contributed by atoms with Crippen molar-refractivity contribution in [2.75, 3.05) is 19.1 Å². The lowest BCUT2D eigenvalue weighted by Gasteiger charge is -2.25. The minimum atomic E-state index is -0.436. The third-order valence-corrected chi connectivity index (χ3v) is 4.23. The van der Waals surface area contributed by atoms with Crippen LogP contribution in [0.2, 0.25) is 5.15 Å². The zero-order valence-electron chi connectivity index (χ0n) is 11.4. The van der Waals surface area contributed by atoms with Gasteiger partial charge in [0.2, 0.25) is 0 Å². The molecule has 18 heavy (non-hydrogen) atoms. The van der Waals surface area contributed by atoms with Crippen molar-refractivity contribution < 1.29 is 9.53 Å². The van der Waals surface area contributed by atoms with Crippen LogP contribution in [-0.4, -0.2) is 31.2 Å². The van der Waals surface area contributed by atoms with Gasteiger partial charge in [-0.2, -0.15) is 0 Å². The van der Waals surface area contributed by atoms with Crippen molar-refractivity contribution >= 4 is 34.0 Å². The molecule has 0 aliphatic rings. The Kier molecular flexibility index (Phi) is 5.41. The number of nitrogens with zero attached hydrogens (tertiary/aromatic N) is 2. The van der Waals surface area contributed by atoms with Crippen molar-refractivity contribution in [1.29, 1.82) is 0 Å². The van der Waals surface area contributed by atoms with Crippen LogP contribution < -0.4 is 4.90 Å². The molecular weight excluding hydrogens is 272 g/mol. The second kappa shape index (κ2) is 6.38. The van der Waals surface area contributed by atoms with Crippen LogP contribution in [0, 0.1) is 5.92 Å². The monoisotopic (exact) mass is 290 g/mol. The molecule has 1 rings (SSSR count). The Morgan fingerprint density at radius 3 is 2.61 bits per heavy atom. The number of hydrogen-bond donors (Lipinski definition) is 0. The maximum atomic E-state index is 11.5. The Bertz CT molecular complexity index is 420. The van der Waals surface area contributed by atoms with Crippen molar-refractivity contribution in [3.05, 3.63) is 10.0 Å². The number of aromatic nitrogens is 1. The Morgan fingerprint density at radius 1 is 1.50 bits per heavy atom. The number of carbonyl (C=O) groups excluding carboxylic acids is 1. The van der Waals surface area contributed by atoms with Crippen LogP contribution in [0.15, 0.2) is 0 Å². The predicted molar refractivity (Wildman–Crippen MR) is 75.8 cm³/mol. The van der Waals surface area contributed by atoms with Crippen LogP contribution in [0.4, 0.5) is 5.13 Å². The molecule has 0 saturated carbocycles. The summed E-state index contributed by atoms with van der Waals surface area (Å²) in [7, 11) is 3.30. The molecular formula is C12H19ClN2O2S. The molecule has 0 aliphatic carbocycles. The van der Waals surface area contributed by atoms with Gasteiger partial charge in [-0.15, -0.1) is 0 Å². The molecule has 1 aromatic rings. The van der Waals surface area contributed by atoms with Crippen molar-refractivity contribution in [2.24, 2.45) is 5.92 Å². The van der Waals surface area contributed by atoms with Gasteiger partial charge >= 0.3 is 5.97 Å². The molecule has 1 unspecified atom stereocenters. The minimum Gasteiger partial charge on any atom is -0.465 e. The van der Waals surface area contributed by atoms with E-state index in [1.807, 2.05) is 11.9 Å². The first kappa shape index (κ1) is 15.2. The smallest absolute Gasteiger partial charge is 0.351 e. The summed E-state index contributed by atoms with van der Waals surface area (Å²) in [4.78, 5) is 18.1. The highest BCUT2D eigenvalue weighted by Crippen LogP contribution is 2.31. The van der Waals surface area contributed by atoms with Crippen LogP contribution in [0.3, 0.4) is 0 Å². The molecule has 0 bridgehead atoms. The molecule has 0 radical (unpaired) electrons. The van der Waals surface area contributed by atoms with Crippen molar-refractivity contribution in [2.45, 2.75) is 33.2 Å². The number of carbonyl (C=O) groups is 1. The van der Waals surface area contributed by atoms with E-state index in [-0.39, 0.29) is 5.15 Å². The highest BCUT2D eigenvalue weighted by atomic mass is 35.5. The first-order valence-corrected chi connectivity index (χ1v) is 7.03. The van der Waals surface area contributed by atoms with Gasteiger partial charge in [-0.05, 0) is 19.3 Å². The molecule has 0 saturated heterocycles. The lowest BCUT2D eigenvalue weighted by Crippen LogP contribution is -2.29. The molecule has 102 valence electrons. The van der Waals surface area contributed by atoms with Crippen LogP contribution in [-0.2, 0) is 4.74 Å². The molecule has 0 amide bonds. The van der Waals surface area contributed by atoms with Crippen LogP contribution in [0.25, 0.3) is 0 Å². The summed E-state index contributed by atoms with van der Waals surface area (Å²) in [5.41, 5.74) is 0. The number of ether oxygens (including phenoxy) is 1. The molecule has 4 nitrogen and oxygen atoms in total. The first-order chi connectivity index (χ1) is 8.36. The summed E-state index contributed by atoms with van der Waals surface area (Å²) >= 11 is 7.21. The topological polar surface area (TPSA) is 42.4 Å². The Labute approximate surface area is 117 Å². The van der Waals surface area contributed by atoms with Gasteiger partial charge in [0.25, 0.3) is 0 Å². The fraction of sp³-hybridized carbons (Fsp3) is 0.667. The normalized spacial score (nSPS) is 12.6. The average molecular weight is 291 g/mol. The van der Waals surface area contributed by atoms with Crippen molar-refractivity contribution in [3.8, 4) is 0 Å².